The number of nitrogens with zero attached hydrogens (tertiary/aromatic N) is 2. The molecule has 5 heteroatoms. The van der Waals surface area contributed by atoms with Gasteiger partial charge in [-0.05, 0) is 24.3 Å². The first-order valence-corrected chi connectivity index (χ1v) is 5.65. The lowest BCUT2D eigenvalue weighted by atomic mass is 10.2. The number of carbonyl (C=O) groups is 1. The van der Waals surface area contributed by atoms with Gasteiger partial charge in [-0.25, -0.2) is 14.8 Å². The highest BCUT2D eigenvalue weighted by molar-refractivity contribution is 5.85. The zero-order valence-corrected chi connectivity index (χ0v) is 10.0. The standard InChI is InChI=1S/C12H8N2.C2H4O3/c1-2-6-10-9(5-1)13-11-7-3-4-8-12(11)14-10;3-1-2(4)5/h1-8H;3H,1H2,(H,4,5). The average molecular weight is 256 g/mol. The highest BCUT2D eigenvalue weighted by atomic mass is 16.4. The molecule has 0 aliphatic heterocycles. The molecule has 0 saturated heterocycles. The van der Waals surface area contributed by atoms with Gasteiger partial charge in [-0.15, -0.1) is 0 Å². The van der Waals surface area contributed by atoms with Crippen LogP contribution in [0.25, 0.3) is 22.1 Å². The number of hydrogen-bond donors (Lipinski definition) is 2. The fourth-order valence-electron chi connectivity index (χ4n) is 1.57. The van der Waals surface area contributed by atoms with E-state index in [9.17, 15) is 0 Å². The molecule has 0 radical (unpaired) electrons. The van der Waals surface area contributed by atoms with Crippen molar-refractivity contribution in [2.45, 2.75) is 0 Å². The van der Waals surface area contributed by atoms with Crippen molar-refractivity contribution in [2.75, 3.05) is 6.61 Å². The molecule has 3 aromatic rings. The van der Waals surface area contributed by atoms with Gasteiger partial charge in [0.1, 0.15) is 6.61 Å². The van der Waals surface area contributed by atoms with E-state index in [4.69, 9.17) is 15.0 Å². The number of benzene rings is 2. The summed E-state index contributed by atoms with van der Waals surface area (Å²) in [6, 6.07) is 15.8. The van der Waals surface area contributed by atoms with Crippen molar-refractivity contribution in [1.29, 1.82) is 0 Å². The summed E-state index contributed by atoms with van der Waals surface area (Å²) in [5, 5.41) is 15.0. The van der Waals surface area contributed by atoms with E-state index in [2.05, 4.69) is 9.97 Å². The van der Waals surface area contributed by atoms with E-state index >= 15 is 0 Å². The first-order valence-electron chi connectivity index (χ1n) is 5.65. The highest BCUT2D eigenvalue weighted by Gasteiger charge is 1.98. The van der Waals surface area contributed by atoms with Crippen LogP contribution in [-0.4, -0.2) is 32.8 Å². The Bertz CT molecular complexity index is 608. The zero-order valence-electron chi connectivity index (χ0n) is 10.0. The van der Waals surface area contributed by atoms with Crippen LogP contribution < -0.4 is 0 Å². The molecule has 3 rings (SSSR count). The number of rotatable bonds is 1. The van der Waals surface area contributed by atoms with Crippen LogP contribution in [0.2, 0.25) is 0 Å². The maximum atomic E-state index is 9.12. The molecule has 0 aliphatic carbocycles. The highest BCUT2D eigenvalue weighted by Crippen LogP contribution is 2.14. The van der Waals surface area contributed by atoms with Crippen LogP contribution in [0.3, 0.4) is 0 Å². The fourth-order valence-corrected chi connectivity index (χ4v) is 1.57. The Morgan fingerprint density at radius 1 is 0.842 bits per heavy atom. The van der Waals surface area contributed by atoms with Crippen molar-refractivity contribution in [3.8, 4) is 0 Å². The molecule has 0 unspecified atom stereocenters. The zero-order chi connectivity index (χ0) is 13.7. The van der Waals surface area contributed by atoms with Crippen molar-refractivity contribution in [2.24, 2.45) is 0 Å². The quantitative estimate of drug-likeness (QED) is 0.649. The molecule has 0 bridgehead atoms. The van der Waals surface area contributed by atoms with Gasteiger partial charge in [0.2, 0.25) is 0 Å². The molecule has 2 aromatic carbocycles. The largest absolute Gasteiger partial charge is 0.480 e. The number of aliphatic hydroxyl groups excluding tert-OH is 1. The van der Waals surface area contributed by atoms with E-state index in [1.54, 1.807) is 0 Å². The molecule has 0 aliphatic rings. The van der Waals surface area contributed by atoms with Crippen molar-refractivity contribution < 1.29 is 15.0 Å². The van der Waals surface area contributed by atoms with Crippen LogP contribution in [0.5, 0.6) is 0 Å². The summed E-state index contributed by atoms with van der Waals surface area (Å²) in [6.45, 7) is -0.778. The van der Waals surface area contributed by atoms with E-state index in [1.807, 2.05) is 48.5 Å². The molecule has 0 spiro atoms. The maximum Gasteiger partial charge on any atom is 0.329 e. The van der Waals surface area contributed by atoms with Gasteiger partial charge in [0.25, 0.3) is 0 Å². The summed E-state index contributed by atoms with van der Waals surface area (Å²) in [5.41, 5.74) is 3.80. The van der Waals surface area contributed by atoms with E-state index in [0.717, 1.165) is 22.1 Å². The summed E-state index contributed by atoms with van der Waals surface area (Å²) in [5.74, 6) is -1.19. The average Bonchev–Trinajstić information content (AvgIpc) is 2.45. The monoisotopic (exact) mass is 256 g/mol. The van der Waals surface area contributed by atoms with Crippen LogP contribution in [-0.2, 0) is 4.79 Å². The molecule has 96 valence electrons. The van der Waals surface area contributed by atoms with Gasteiger partial charge < -0.3 is 10.2 Å². The number of carboxylic acid groups (broad SMARTS) is 1. The third-order valence-corrected chi connectivity index (χ3v) is 2.38. The number of hydrogen-bond acceptors (Lipinski definition) is 4. The summed E-state index contributed by atoms with van der Waals surface area (Å²) in [4.78, 5) is 18.1. The minimum absolute atomic E-state index is 0.778. The Kier molecular flexibility index (Phi) is 4.00. The second-order valence-electron chi connectivity index (χ2n) is 3.75. The van der Waals surface area contributed by atoms with Crippen LogP contribution in [0.15, 0.2) is 48.5 Å². The number of aliphatic carboxylic acids is 1. The Hall–Kier alpha value is -2.53. The van der Waals surface area contributed by atoms with Gasteiger partial charge in [-0.2, -0.15) is 0 Å². The first kappa shape index (κ1) is 12.9. The van der Waals surface area contributed by atoms with Gasteiger partial charge >= 0.3 is 5.97 Å². The van der Waals surface area contributed by atoms with Crippen LogP contribution >= 0.6 is 0 Å². The summed E-state index contributed by atoms with van der Waals surface area (Å²) in [6.07, 6.45) is 0. The molecule has 0 atom stereocenters. The van der Waals surface area contributed by atoms with E-state index in [-0.39, 0.29) is 0 Å². The topological polar surface area (TPSA) is 83.3 Å². The Labute approximate surface area is 109 Å². The van der Waals surface area contributed by atoms with Gasteiger partial charge in [-0.3, -0.25) is 0 Å². The third-order valence-electron chi connectivity index (χ3n) is 2.38. The predicted molar refractivity (Wildman–Crippen MR) is 71.8 cm³/mol. The minimum Gasteiger partial charge on any atom is -0.480 e. The number of para-hydroxylation sites is 4. The fraction of sp³-hybridized carbons (Fsp3) is 0.0714. The molecule has 0 saturated carbocycles. The molecular formula is C14H12N2O3. The second kappa shape index (κ2) is 5.88. The van der Waals surface area contributed by atoms with Gasteiger partial charge in [0, 0.05) is 0 Å². The summed E-state index contributed by atoms with van der Waals surface area (Å²) < 4.78 is 0. The molecular weight excluding hydrogens is 244 g/mol. The number of fused-ring (bicyclic) bond motifs is 2. The summed E-state index contributed by atoms with van der Waals surface area (Å²) >= 11 is 0. The first-order chi connectivity index (χ1) is 9.20. The van der Waals surface area contributed by atoms with Gasteiger partial charge in [-0.1, -0.05) is 24.3 Å². The number of carboxylic acids is 1. The van der Waals surface area contributed by atoms with Crippen molar-refractivity contribution >= 4 is 28.0 Å². The second-order valence-corrected chi connectivity index (χ2v) is 3.75. The molecule has 2 N–H and O–H groups in total. The molecule has 0 amide bonds. The third kappa shape index (κ3) is 3.23. The molecule has 1 aromatic heterocycles. The normalized spacial score (nSPS) is 9.95. The lowest BCUT2D eigenvalue weighted by molar-refractivity contribution is -0.140. The minimum atomic E-state index is -1.19. The van der Waals surface area contributed by atoms with Crippen molar-refractivity contribution in [3.05, 3.63) is 48.5 Å². The van der Waals surface area contributed by atoms with Crippen LogP contribution in [0.4, 0.5) is 0 Å². The maximum absolute atomic E-state index is 9.12. The van der Waals surface area contributed by atoms with E-state index in [1.165, 1.54) is 0 Å². The van der Waals surface area contributed by atoms with Crippen molar-refractivity contribution in [1.82, 2.24) is 9.97 Å². The number of aromatic nitrogens is 2. The lowest BCUT2D eigenvalue weighted by Crippen LogP contribution is -1.98. The van der Waals surface area contributed by atoms with Crippen LogP contribution in [0, 0.1) is 0 Å². The molecule has 0 fully saturated rings. The Morgan fingerprint density at radius 2 is 1.11 bits per heavy atom. The predicted octanol–water partition coefficient (Wildman–Crippen LogP) is 1.85. The Morgan fingerprint density at radius 3 is 1.32 bits per heavy atom. The molecule has 5 nitrogen and oxygen atoms in total. The van der Waals surface area contributed by atoms with Crippen LogP contribution in [0.1, 0.15) is 0 Å². The lowest BCUT2D eigenvalue weighted by Gasteiger charge is -1.98. The smallest absolute Gasteiger partial charge is 0.329 e. The van der Waals surface area contributed by atoms with Gasteiger partial charge in [0.15, 0.2) is 0 Å². The van der Waals surface area contributed by atoms with E-state index in [0.29, 0.717) is 0 Å². The SMILES string of the molecule is O=C(O)CO.c1ccc2nc3ccccc3nc2c1. The van der Waals surface area contributed by atoms with Crippen molar-refractivity contribution in [3.63, 3.8) is 0 Å². The number of aliphatic hydroxyl groups is 1. The van der Waals surface area contributed by atoms with E-state index < -0.39 is 12.6 Å². The van der Waals surface area contributed by atoms with Gasteiger partial charge in [0.05, 0.1) is 22.1 Å². The molecule has 19 heavy (non-hydrogen) atoms. The Balaban J connectivity index is 0.000000232. The molecule has 1 heterocycles. The summed E-state index contributed by atoms with van der Waals surface area (Å²) in [7, 11) is 0.